The van der Waals surface area contributed by atoms with Gasteiger partial charge in [0.15, 0.2) is 0 Å². The Hall–Kier alpha value is -4.63. The number of halogens is 1. The van der Waals surface area contributed by atoms with Crippen LogP contribution < -0.4 is 0 Å². The van der Waals surface area contributed by atoms with E-state index in [2.05, 4.69) is 15.9 Å². The second-order valence-corrected chi connectivity index (χ2v) is 11.4. The molecule has 3 amide bonds. The van der Waals surface area contributed by atoms with Gasteiger partial charge in [-0.3, -0.25) is 24.5 Å². The van der Waals surface area contributed by atoms with Crippen LogP contribution in [0.1, 0.15) is 50.0 Å². The monoisotopic (exact) mass is 607 g/mol. The van der Waals surface area contributed by atoms with Gasteiger partial charge in [-0.15, -0.1) is 0 Å². The number of benzene rings is 4. The van der Waals surface area contributed by atoms with Crippen molar-refractivity contribution in [2.75, 3.05) is 0 Å². The maximum Gasteiger partial charge on any atom is 0.282 e. The Bertz CT molecular complexity index is 1660. The van der Waals surface area contributed by atoms with Gasteiger partial charge >= 0.3 is 0 Å². The molecule has 4 aromatic rings. The number of imide groups is 1. The van der Waals surface area contributed by atoms with Crippen LogP contribution in [0, 0.1) is 22.0 Å². The lowest BCUT2D eigenvalue weighted by molar-refractivity contribution is -0.385. The summed E-state index contributed by atoms with van der Waals surface area (Å²) in [6, 6.07) is 28.5. The first-order valence-corrected chi connectivity index (χ1v) is 14.0. The molecule has 8 nitrogen and oxygen atoms in total. The second-order valence-electron chi connectivity index (χ2n) is 10.5. The van der Waals surface area contributed by atoms with Crippen LogP contribution in [-0.2, 0) is 16.1 Å². The largest absolute Gasteiger partial charge is 0.282 e. The van der Waals surface area contributed by atoms with E-state index in [1.54, 1.807) is 24.3 Å². The predicted octanol–water partition coefficient (Wildman–Crippen LogP) is 5.81. The lowest BCUT2D eigenvalue weighted by Gasteiger charge is -2.45. The van der Waals surface area contributed by atoms with Crippen molar-refractivity contribution in [1.82, 2.24) is 10.0 Å². The average molecular weight is 608 g/mol. The topological polar surface area (TPSA) is 101 Å². The highest BCUT2D eigenvalue weighted by Gasteiger charge is 2.63. The van der Waals surface area contributed by atoms with Crippen molar-refractivity contribution >= 4 is 39.3 Å². The Morgan fingerprint density at radius 3 is 1.71 bits per heavy atom. The zero-order valence-electron chi connectivity index (χ0n) is 21.5. The van der Waals surface area contributed by atoms with Gasteiger partial charge in [0.2, 0.25) is 0 Å². The fraction of sp³-hybridized carbons (Fsp3) is 0.156. The minimum absolute atomic E-state index is 0.121. The fourth-order valence-corrected chi connectivity index (χ4v) is 7.11. The zero-order chi connectivity index (χ0) is 28.4. The summed E-state index contributed by atoms with van der Waals surface area (Å²) >= 11 is 3.40. The molecule has 1 fully saturated rings. The number of carbonyl (C=O) groups excluding carboxylic acids is 3. The van der Waals surface area contributed by atoms with Gasteiger partial charge in [0.1, 0.15) is 5.56 Å². The van der Waals surface area contributed by atoms with Crippen molar-refractivity contribution in [2.45, 2.75) is 18.4 Å². The zero-order valence-corrected chi connectivity index (χ0v) is 23.1. The molecule has 0 spiro atoms. The molecule has 4 aliphatic rings. The Balaban J connectivity index is 1.36. The van der Waals surface area contributed by atoms with Crippen LogP contribution in [0.2, 0.25) is 0 Å². The van der Waals surface area contributed by atoms with Gasteiger partial charge in [0, 0.05) is 22.4 Å². The third-order valence-corrected chi connectivity index (χ3v) is 9.01. The first kappa shape index (κ1) is 25.3. The number of nitro groups is 1. The molecular formula is C32H22BrN3O5. The Morgan fingerprint density at radius 1 is 0.756 bits per heavy atom. The molecule has 2 bridgehead atoms. The van der Waals surface area contributed by atoms with Crippen LogP contribution in [0.5, 0.6) is 0 Å². The van der Waals surface area contributed by atoms with Crippen molar-refractivity contribution < 1.29 is 19.3 Å². The Kier molecular flexibility index (Phi) is 5.86. The summed E-state index contributed by atoms with van der Waals surface area (Å²) in [5.74, 6) is -3.79. The molecule has 0 N–H and O–H groups in total. The number of hydrazine groups is 1. The molecule has 1 saturated heterocycles. The highest BCUT2D eigenvalue weighted by molar-refractivity contribution is 9.10. The van der Waals surface area contributed by atoms with Gasteiger partial charge in [0.05, 0.1) is 23.3 Å². The fourth-order valence-electron chi connectivity index (χ4n) is 6.85. The van der Waals surface area contributed by atoms with Gasteiger partial charge in [-0.25, -0.2) is 5.01 Å². The van der Waals surface area contributed by atoms with Crippen LogP contribution >= 0.6 is 15.9 Å². The number of nitrogens with zero attached hydrogens (tertiary/aromatic N) is 3. The molecule has 2 atom stereocenters. The first-order valence-electron chi connectivity index (χ1n) is 13.2. The molecule has 41 heavy (non-hydrogen) atoms. The van der Waals surface area contributed by atoms with Gasteiger partial charge < -0.3 is 0 Å². The van der Waals surface area contributed by atoms with E-state index in [1.165, 1.54) is 24.3 Å². The summed E-state index contributed by atoms with van der Waals surface area (Å²) in [5.41, 5.74) is 4.14. The van der Waals surface area contributed by atoms with E-state index < -0.39 is 40.2 Å². The van der Waals surface area contributed by atoms with Crippen molar-refractivity contribution in [3.05, 3.63) is 145 Å². The van der Waals surface area contributed by atoms with Crippen LogP contribution in [0.25, 0.3) is 0 Å². The summed E-state index contributed by atoms with van der Waals surface area (Å²) in [6.07, 6.45) is 0. The molecule has 0 radical (unpaired) electrons. The first-order chi connectivity index (χ1) is 19.9. The SMILES string of the molecule is O=C(c1ccccc1[N+](=O)[O-])N(Cc1ccc(Br)cc1)N1C(=O)[C@H]2C3c4ccccc4C(c4ccccc43)[C@@H]2C1=O. The quantitative estimate of drug-likeness (QED) is 0.162. The number of hydrogen-bond acceptors (Lipinski definition) is 5. The van der Waals surface area contributed by atoms with E-state index in [9.17, 15) is 24.5 Å². The smallest absolute Gasteiger partial charge is 0.272 e. The molecule has 1 heterocycles. The summed E-state index contributed by atoms with van der Waals surface area (Å²) < 4.78 is 0.823. The lowest BCUT2D eigenvalue weighted by Crippen LogP contribution is -2.50. The highest BCUT2D eigenvalue weighted by atomic mass is 79.9. The molecule has 8 rings (SSSR count). The molecule has 4 aromatic carbocycles. The summed E-state index contributed by atoms with van der Waals surface area (Å²) in [4.78, 5) is 54.0. The molecule has 9 heteroatoms. The third-order valence-electron chi connectivity index (χ3n) is 8.48. The predicted molar refractivity (Wildman–Crippen MR) is 153 cm³/mol. The van der Waals surface area contributed by atoms with E-state index in [1.807, 2.05) is 48.5 Å². The van der Waals surface area contributed by atoms with Gasteiger partial charge in [-0.2, -0.15) is 5.01 Å². The van der Waals surface area contributed by atoms with E-state index >= 15 is 0 Å². The number of hydrogen-bond donors (Lipinski definition) is 0. The third kappa shape index (κ3) is 3.76. The highest BCUT2D eigenvalue weighted by Crippen LogP contribution is 2.61. The summed E-state index contributed by atoms with van der Waals surface area (Å²) in [6.45, 7) is -0.121. The Labute approximate surface area is 243 Å². The van der Waals surface area contributed by atoms with Gasteiger partial charge in [-0.1, -0.05) is 88.7 Å². The standard InChI is InChI=1S/C32H22BrN3O5/c33-19-15-13-18(14-16-19)17-34(30(37)24-11-5-6-12-25(24)36(40)41)35-31(38)28-26-20-7-1-2-8-21(20)27(29(28)32(35)39)23-10-4-3-9-22(23)26/h1-16,26-29H,17H2/t26?,27?,28-,29-/m0/s1. The maximum atomic E-state index is 14.4. The lowest BCUT2D eigenvalue weighted by atomic mass is 9.55. The number of carbonyl (C=O) groups is 3. The molecule has 0 saturated carbocycles. The Morgan fingerprint density at radius 2 is 1.22 bits per heavy atom. The van der Waals surface area contributed by atoms with E-state index in [4.69, 9.17) is 0 Å². The molecule has 0 unspecified atom stereocenters. The van der Waals surface area contributed by atoms with Crippen LogP contribution in [-0.4, -0.2) is 32.7 Å². The minimum Gasteiger partial charge on any atom is -0.272 e. The normalized spacial score (nSPS) is 21.7. The molecular weight excluding hydrogens is 586 g/mol. The average Bonchev–Trinajstić information content (AvgIpc) is 3.26. The van der Waals surface area contributed by atoms with Crippen molar-refractivity contribution in [2.24, 2.45) is 11.8 Å². The number of amides is 3. The van der Waals surface area contributed by atoms with Crippen LogP contribution in [0.15, 0.2) is 102 Å². The van der Waals surface area contributed by atoms with Gasteiger partial charge in [-0.05, 0) is 46.0 Å². The molecule has 1 aliphatic heterocycles. The van der Waals surface area contributed by atoms with E-state index in [-0.39, 0.29) is 23.9 Å². The van der Waals surface area contributed by atoms with E-state index in [0.717, 1.165) is 36.7 Å². The van der Waals surface area contributed by atoms with Gasteiger partial charge in [0.25, 0.3) is 23.4 Å². The van der Waals surface area contributed by atoms with Crippen molar-refractivity contribution in [3.8, 4) is 0 Å². The van der Waals surface area contributed by atoms with Crippen molar-refractivity contribution in [3.63, 3.8) is 0 Å². The maximum absolute atomic E-state index is 14.4. The summed E-state index contributed by atoms with van der Waals surface area (Å²) in [7, 11) is 0. The number of para-hydroxylation sites is 1. The second kappa shape index (κ2) is 9.49. The molecule has 0 aromatic heterocycles. The van der Waals surface area contributed by atoms with Crippen LogP contribution in [0.3, 0.4) is 0 Å². The van der Waals surface area contributed by atoms with Crippen LogP contribution in [0.4, 0.5) is 5.69 Å². The molecule has 202 valence electrons. The number of nitro benzene ring substituents is 1. The van der Waals surface area contributed by atoms with Crippen molar-refractivity contribution in [1.29, 1.82) is 0 Å². The molecule has 3 aliphatic carbocycles. The minimum atomic E-state index is -0.789. The summed E-state index contributed by atoms with van der Waals surface area (Å²) in [5, 5.41) is 13.9. The number of rotatable bonds is 5. The van der Waals surface area contributed by atoms with E-state index in [0.29, 0.717) is 5.56 Å².